The predicted octanol–water partition coefficient (Wildman–Crippen LogP) is 8.47. The Morgan fingerprint density at radius 2 is 1.83 bits per heavy atom. The summed E-state index contributed by atoms with van der Waals surface area (Å²) < 4.78 is 35.9. The van der Waals surface area contributed by atoms with E-state index in [1.165, 1.54) is 30.0 Å². The summed E-state index contributed by atoms with van der Waals surface area (Å²) in [5.74, 6) is 0.702. The second kappa shape index (κ2) is 10.4. The number of halogens is 4. The van der Waals surface area contributed by atoms with Crippen molar-refractivity contribution in [2.24, 2.45) is 5.92 Å². The molecule has 186 valence electrons. The molecule has 0 spiro atoms. The van der Waals surface area contributed by atoms with E-state index in [1.807, 2.05) is 18.2 Å². The van der Waals surface area contributed by atoms with Crippen LogP contribution in [0.15, 0.2) is 65.8 Å². The number of hydrogen-bond acceptors (Lipinski definition) is 3. The lowest BCUT2D eigenvalue weighted by molar-refractivity contribution is 0.412. The standard InChI is InChI=1S/C28H24Cl2F2N2OS/c1-16-12-20(17-6-11-23(30)26(14-17)35-2)27-25(13-16)33-28(34(27)19-9-7-18(31)8-10-19)36-15-21-22(29)4-3-5-24(21)32/h3-11,14,16,20H,12-13,15H2,1-2H3. The molecule has 0 amide bonds. The van der Waals surface area contributed by atoms with Crippen LogP contribution >= 0.6 is 35.0 Å². The van der Waals surface area contributed by atoms with Gasteiger partial charge in [-0.05, 0) is 72.9 Å². The number of methoxy groups -OCH3 is 1. The third kappa shape index (κ3) is 4.86. The quantitative estimate of drug-likeness (QED) is 0.228. The third-order valence-corrected chi connectivity index (χ3v) is 8.17. The van der Waals surface area contributed by atoms with Gasteiger partial charge in [-0.2, -0.15) is 0 Å². The number of thioether (sulfide) groups is 1. The molecule has 0 saturated carbocycles. The lowest BCUT2D eigenvalue weighted by Gasteiger charge is -2.29. The maximum Gasteiger partial charge on any atom is 0.173 e. The highest BCUT2D eigenvalue weighted by atomic mass is 35.5. The Hall–Kier alpha value is -2.54. The van der Waals surface area contributed by atoms with Crippen molar-refractivity contribution in [2.45, 2.75) is 36.6 Å². The number of benzene rings is 3. The van der Waals surface area contributed by atoms with E-state index < -0.39 is 0 Å². The van der Waals surface area contributed by atoms with Gasteiger partial charge >= 0.3 is 0 Å². The Bertz CT molecular complexity index is 1390. The lowest BCUT2D eigenvalue weighted by Crippen LogP contribution is -2.20. The van der Waals surface area contributed by atoms with Crippen LogP contribution in [0.5, 0.6) is 5.75 Å². The average Bonchev–Trinajstić information content (AvgIpc) is 3.22. The number of rotatable bonds is 6. The van der Waals surface area contributed by atoms with Crippen molar-refractivity contribution in [1.29, 1.82) is 0 Å². The van der Waals surface area contributed by atoms with Crippen molar-refractivity contribution in [3.8, 4) is 11.4 Å². The van der Waals surface area contributed by atoms with Crippen LogP contribution in [0, 0.1) is 17.6 Å². The van der Waals surface area contributed by atoms with E-state index in [0.29, 0.717) is 38.2 Å². The third-order valence-electron chi connectivity index (χ3n) is 6.54. The van der Waals surface area contributed by atoms with Crippen LogP contribution in [0.4, 0.5) is 8.78 Å². The largest absolute Gasteiger partial charge is 0.495 e. The molecule has 4 aromatic rings. The summed E-state index contributed by atoms with van der Waals surface area (Å²) in [4.78, 5) is 5.02. The second-order valence-electron chi connectivity index (χ2n) is 9.02. The zero-order valence-electron chi connectivity index (χ0n) is 19.8. The van der Waals surface area contributed by atoms with Gasteiger partial charge in [-0.1, -0.05) is 54.0 Å². The number of ether oxygens (including phenoxy) is 1. The molecule has 0 aliphatic heterocycles. The number of fused-ring (bicyclic) bond motifs is 1. The first-order valence-electron chi connectivity index (χ1n) is 11.6. The minimum atomic E-state index is -0.348. The van der Waals surface area contributed by atoms with Gasteiger partial charge in [0.05, 0.1) is 23.5 Å². The van der Waals surface area contributed by atoms with E-state index in [4.69, 9.17) is 32.9 Å². The molecule has 2 unspecified atom stereocenters. The van der Waals surface area contributed by atoms with E-state index in [9.17, 15) is 8.78 Å². The minimum absolute atomic E-state index is 0.0267. The minimum Gasteiger partial charge on any atom is -0.495 e. The molecule has 1 aliphatic carbocycles. The zero-order chi connectivity index (χ0) is 25.4. The maximum atomic E-state index is 14.5. The van der Waals surface area contributed by atoms with Gasteiger partial charge in [0, 0.05) is 27.9 Å². The summed E-state index contributed by atoms with van der Waals surface area (Å²) >= 11 is 14.0. The van der Waals surface area contributed by atoms with Crippen molar-refractivity contribution in [3.63, 3.8) is 0 Å². The molecule has 1 aliphatic rings. The monoisotopic (exact) mass is 544 g/mol. The number of imidazole rings is 1. The summed E-state index contributed by atoms with van der Waals surface area (Å²) in [6.07, 6.45) is 1.73. The first-order valence-corrected chi connectivity index (χ1v) is 13.4. The van der Waals surface area contributed by atoms with Gasteiger partial charge in [-0.15, -0.1) is 0 Å². The van der Waals surface area contributed by atoms with Crippen molar-refractivity contribution in [2.75, 3.05) is 7.11 Å². The average molecular weight is 545 g/mol. The summed E-state index contributed by atoms with van der Waals surface area (Å²) in [7, 11) is 1.60. The van der Waals surface area contributed by atoms with Crippen molar-refractivity contribution in [3.05, 3.63) is 105 Å². The summed E-state index contributed by atoms with van der Waals surface area (Å²) in [5, 5.41) is 1.65. The zero-order valence-corrected chi connectivity index (χ0v) is 22.1. The van der Waals surface area contributed by atoms with Crippen LogP contribution < -0.4 is 4.74 Å². The predicted molar refractivity (Wildman–Crippen MR) is 142 cm³/mol. The number of nitrogens with zero attached hydrogens (tertiary/aromatic N) is 2. The highest BCUT2D eigenvalue weighted by Gasteiger charge is 2.33. The summed E-state index contributed by atoms with van der Waals surface area (Å²) in [6, 6.07) is 16.9. The Balaban J connectivity index is 1.64. The maximum absolute atomic E-state index is 14.5. The first kappa shape index (κ1) is 25.1. The van der Waals surface area contributed by atoms with Crippen LogP contribution in [-0.4, -0.2) is 16.7 Å². The molecule has 0 radical (unpaired) electrons. The van der Waals surface area contributed by atoms with Gasteiger partial charge in [-0.3, -0.25) is 4.57 Å². The fraction of sp³-hybridized carbons (Fsp3) is 0.250. The van der Waals surface area contributed by atoms with Gasteiger partial charge in [-0.25, -0.2) is 13.8 Å². The van der Waals surface area contributed by atoms with Crippen molar-refractivity contribution in [1.82, 2.24) is 9.55 Å². The molecule has 0 fully saturated rings. The second-order valence-corrected chi connectivity index (χ2v) is 10.8. The molecule has 5 rings (SSSR count). The van der Waals surface area contributed by atoms with Crippen LogP contribution in [0.25, 0.3) is 5.69 Å². The van der Waals surface area contributed by atoms with Crippen molar-refractivity contribution >= 4 is 35.0 Å². The van der Waals surface area contributed by atoms with Crippen LogP contribution in [-0.2, 0) is 12.2 Å². The Kier molecular flexibility index (Phi) is 7.29. The Morgan fingerprint density at radius 1 is 1.06 bits per heavy atom. The van der Waals surface area contributed by atoms with Gasteiger partial charge in [0.15, 0.2) is 5.16 Å². The fourth-order valence-electron chi connectivity index (χ4n) is 4.82. The molecule has 1 heterocycles. The summed E-state index contributed by atoms with van der Waals surface area (Å²) in [6.45, 7) is 2.21. The molecule has 8 heteroatoms. The molecule has 0 saturated heterocycles. The molecule has 1 aromatic heterocycles. The van der Waals surface area contributed by atoms with Crippen LogP contribution in [0.1, 0.15) is 41.8 Å². The number of hydrogen-bond donors (Lipinski definition) is 0. The molecule has 3 nitrogen and oxygen atoms in total. The van der Waals surface area contributed by atoms with Gasteiger partial charge < -0.3 is 4.74 Å². The molecule has 2 atom stereocenters. The smallest absolute Gasteiger partial charge is 0.173 e. The van der Waals surface area contributed by atoms with E-state index in [2.05, 4.69) is 11.5 Å². The van der Waals surface area contributed by atoms with E-state index in [0.717, 1.165) is 35.5 Å². The summed E-state index contributed by atoms with van der Waals surface area (Å²) in [5.41, 5.74) is 4.34. The van der Waals surface area contributed by atoms with Gasteiger partial charge in [0.25, 0.3) is 0 Å². The van der Waals surface area contributed by atoms with Gasteiger partial charge in [0.2, 0.25) is 0 Å². The highest BCUT2D eigenvalue weighted by molar-refractivity contribution is 7.98. The molecule has 0 N–H and O–H groups in total. The molecule has 3 aromatic carbocycles. The highest BCUT2D eigenvalue weighted by Crippen LogP contribution is 2.44. The Morgan fingerprint density at radius 3 is 2.56 bits per heavy atom. The molecule has 36 heavy (non-hydrogen) atoms. The number of aromatic nitrogens is 2. The lowest BCUT2D eigenvalue weighted by atomic mass is 9.79. The first-order chi connectivity index (χ1) is 17.4. The van der Waals surface area contributed by atoms with Crippen LogP contribution in [0.2, 0.25) is 10.0 Å². The topological polar surface area (TPSA) is 27.1 Å². The molecular weight excluding hydrogens is 521 g/mol. The molecule has 0 bridgehead atoms. The van der Waals surface area contributed by atoms with E-state index >= 15 is 0 Å². The molecular formula is C28H24Cl2F2N2OS. The van der Waals surface area contributed by atoms with Crippen molar-refractivity contribution < 1.29 is 13.5 Å². The van der Waals surface area contributed by atoms with Gasteiger partial charge in [0.1, 0.15) is 17.4 Å². The SMILES string of the molecule is COc1cc(C2CC(C)Cc3nc(SCc4c(F)cccc4Cl)n(-c4ccc(F)cc4)c32)ccc1Cl. The van der Waals surface area contributed by atoms with E-state index in [1.54, 1.807) is 31.4 Å². The van der Waals surface area contributed by atoms with Crippen LogP contribution in [0.3, 0.4) is 0 Å². The normalized spacial score (nSPS) is 17.2. The fourth-order valence-corrected chi connectivity index (χ4v) is 6.40. The Labute approximate surface area is 223 Å². The van der Waals surface area contributed by atoms with E-state index in [-0.39, 0.29) is 17.6 Å².